The number of ether oxygens (including phenoxy) is 1. The number of aromatic nitrogens is 3. The predicted octanol–water partition coefficient (Wildman–Crippen LogP) is 5.23. The molecule has 0 N–H and O–H groups in total. The Balaban J connectivity index is 1.60. The molecule has 0 aliphatic carbocycles. The summed E-state index contributed by atoms with van der Waals surface area (Å²) in [5.41, 5.74) is 4.20. The Labute approximate surface area is 156 Å². The van der Waals surface area contributed by atoms with Crippen LogP contribution in [0.5, 0.6) is 5.75 Å². The zero-order valence-corrected chi connectivity index (χ0v) is 14.8. The summed E-state index contributed by atoms with van der Waals surface area (Å²) in [5.74, 6) is 1.55. The fourth-order valence-corrected chi connectivity index (χ4v) is 3.41. The van der Waals surface area contributed by atoms with E-state index < -0.39 is 0 Å². The number of pyridine rings is 1. The first-order chi connectivity index (χ1) is 13.3. The summed E-state index contributed by atoms with van der Waals surface area (Å²) < 4.78 is 7.29. The Kier molecular flexibility index (Phi) is 3.61. The Morgan fingerprint density at radius 3 is 2.22 bits per heavy atom. The second-order valence-corrected chi connectivity index (χ2v) is 6.38. The largest absolute Gasteiger partial charge is 0.496 e. The van der Waals surface area contributed by atoms with Gasteiger partial charge in [0, 0.05) is 22.5 Å². The van der Waals surface area contributed by atoms with Crippen molar-refractivity contribution in [1.29, 1.82) is 0 Å². The number of hydrogen-bond acceptors (Lipinski definition) is 3. The molecular weight excluding hydrogens is 334 g/mol. The van der Waals surface area contributed by atoms with E-state index in [1.54, 1.807) is 7.11 Å². The number of benzene rings is 3. The lowest BCUT2D eigenvalue weighted by atomic mass is 10.0. The molecule has 2 aromatic heterocycles. The molecule has 130 valence electrons. The van der Waals surface area contributed by atoms with Crippen LogP contribution in [0.3, 0.4) is 0 Å². The molecule has 0 atom stereocenters. The van der Waals surface area contributed by atoms with Gasteiger partial charge in [0.2, 0.25) is 0 Å². The third-order valence-electron chi connectivity index (χ3n) is 4.79. The van der Waals surface area contributed by atoms with Gasteiger partial charge in [-0.1, -0.05) is 66.7 Å². The van der Waals surface area contributed by atoms with Crippen LogP contribution in [-0.4, -0.2) is 21.7 Å². The van der Waals surface area contributed by atoms with E-state index in [1.807, 2.05) is 53.2 Å². The van der Waals surface area contributed by atoms with E-state index in [4.69, 9.17) is 9.72 Å². The maximum atomic E-state index is 5.47. The standard InChI is InChI=1S/C23H17N3O/c1-27-21-9-5-8-20-19(21)14-15-26-23(20)24-22(25-26)18-12-10-17(11-13-18)16-6-3-2-4-7-16/h2-15H,1H3. The minimum Gasteiger partial charge on any atom is -0.496 e. The average Bonchev–Trinajstić information content (AvgIpc) is 3.19. The van der Waals surface area contributed by atoms with E-state index in [-0.39, 0.29) is 0 Å². The van der Waals surface area contributed by atoms with Crippen LogP contribution in [0, 0.1) is 0 Å². The van der Waals surface area contributed by atoms with E-state index >= 15 is 0 Å². The van der Waals surface area contributed by atoms with E-state index in [0.29, 0.717) is 5.82 Å². The van der Waals surface area contributed by atoms with E-state index in [2.05, 4.69) is 41.5 Å². The monoisotopic (exact) mass is 351 g/mol. The van der Waals surface area contributed by atoms with E-state index in [1.165, 1.54) is 11.1 Å². The molecule has 0 saturated heterocycles. The smallest absolute Gasteiger partial charge is 0.182 e. The number of nitrogens with zero attached hydrogens (tertiary/aromatic N) is 3. The molecule has 4 heteroatoms. The fraction of sp³-hybridized carbons (Fsp3) is 0.0435. The third-order valence-corrected chi connectivity index (χ3v) is 4.79. The third kappa shape index (κ3) is 2.62. The first-order valence-corrected chi connectivity index (χ1v) is 8.81. The van der Waals surface area contributed by atoms with Crippen LogP contribution in [0.15, 0.2) is 85.1 Å². The second kappa shape index (κ2) is 6.25. The van der Waals surface area contributed by atoms with E-state index in [0.717, 1.165) is 27.7 Å². The Morgan fingerprint density at radius 1 is 0.704 bits per heavy atom. The van der Waals surface area contributed by atoms with Gasteiger partial charge < -0.3 is 4.74 Å². The highest BCUT2D eigenvalue weighted by Gasteiger charge is 2.11. The van der Waals surface area contributed by atoms with Gasteiger partial charge in [0.1, 0.15) is 5.75 Å². The van der Waals surface area contributed by atoms with Crippen LogP contribution in [0.1, 0.15) is 0 Å². The zero-order valence-electron chi connectivity index (χ0n) is 14.8. The minimum absolute atomic E-state index is 0.713. The fourth-order valence-electron chi connectivity index (χ4n) is 3.41. The highest BCUT2D eigenvalue weighted by Crippen LogP contribution is 2.29. The highest BCUT2D eigenvalue weighted by atomic mass is 16.5. The van der Waals surface area contributed by atoms with Crippen molar-refractivity contribution in [3.63, 3.8) is 0 Å². The molecule has 27 heavy (non-hydrogen) atoms. The molecule has 0 fully saturated rings. The molecule has 0 aliphatic heterocycles. The van der Waals surface area contributed by atoms with Crippen molar-refractivity contribution in [1.82, 2.24) is 14.6 Å². The zero-order chi connectivity index (χ0) is 18.2. The molecule has 5 aromatic rings. The summed E-state index contributed by atoms with van der Waals surface area (Å²) in [7, 11) is 1.68. The van der Waals surface area contributed by atoms with Crippen molar-refractivity contribution in [2.75, 3.05) is 7.11 Å². The molecule has 0 unspecified atom stereocenters. The summed E-state index contributed by atoms with van der Waals surface area (Å²) in [6.45, 7) is 0. The number of hydrogen-bond donors (Lipinski definition) is 0. The van der Waals surface area contributed by atoms with Crippen molar-refractivity contribution < 1.29 is 4.74 Å². The summed E-state index contributed by atoms with van der Waals surface area (Å²) >= 11 is 0. The molecule has 2 heterocycles. The highest BCUT2D eigenvalue weighted by molar-refractivity contribution is 5.97. The summed E-state index contributed by atoms with van der Waals surface area (Å²) in [5, 5.41) is 6.71. The van der Waals surface area contributed by atoms with Crippen LogP contribution >= 0.6 is 0 Å². The number of rotatable bonds is 3. The maximum Gasteiger partial charge on any atom is 0.182 e. The Hall–Kier alpha value is -3.66. The van der Waals surface area contributed by atoms with Crippen molar-refractivity contribution in [2.24, 2.45) is 0 Å². The Morgan fingerprint density at radius 2 is 1.44 bits per heavy atom. The van der Waals surface area contributed by atoms with Gasteiger partial charge in [-0.2, -0.15) is 0 Å². The Bertz CT molecular complexity index is 1240. The van der Waals surface area contributed by atoms with Crippen LogP contribution < -0.4 is 4.74 Å². The van der Waals surface area contributed by atoms with Gasteiger partial charge >= 0.3 is 0 Å². The van der Waals surface area contributed by atoms with Gasteiger partial charge in [-0.05, 0) is 23.3 Å². The quantitative estimate of drug-likeness (QED) is 0.447. The summed E-state index contributed by atoms with van der Waals surface area (Å²) in [6.07, 6.45) is 1.93. The van der Waals surface area contributed by atoms with Gasteiger partial charge in [-0.3, -0.25) is 0 Å². The maximum absolute atomic E-state index is 5.47. The van der Waals surface area contributed by atoms with Gasteiger partial charge in [-0.15, -0.1) is 5.10 Å². The molecule has 0 spiro atoms. The van der Waals surface area contributed by atoms with Gasteiger partial charge in [0.25, 0.3) is 0 Å². The first-order valence-electron chi connectivity index (χ1n) is 8.81. The molecule has 0 aliphatic rings. The second-order valence-electron chi connectivity index (χ2n) is 6.38. The van der Waals surface area contributed by atoms with Crippen molar-refractivity contribution in [2.45, 2.75) is 0 Å². The first kappa shape index (κ1) is 15.6. The summed E-state index contributed by atoms with van der Waals surface area (Å²) in [6, 6.07) is 26.7. The van der Waals surface area contributed by atoms with Crippen molar-refractivity contribution in [3.8, 4) is 28.3 Å². The number of fused-ring (bicyclic) bond motifs is 3. The lowest BCUT2D eigenvalue weighted by molar-refractivity contribution is 0.420. The SMILES string of the molecule is COc1cccc2c1ccn1nc(-c3ccc(-c4ccccc4)cc3)nc21. The van der Waals surface area contributed by atoms with Gasteiger partial charge in [0.05, 0.1) is 7.11 Å². The van der Waals surface area contributed by atoms with Crippen LogP contribution in [0.25, 0.3) is 38.9 Å². The molecule has 0 saturated carbocycles. The van der Waals surface area contributed by atoms with Crippen molar-refractivity contribution in [3.05, 3.63) is 85.1 Å². The lowest BCUT2D eigenvalue weighted by Gasteiger charge is -2.05. The topological polar surface area (TPSA) is 39.4 Å². The van der Waals surface area contributed by atoms with E-state index in [9.17, 15) is 0 Å². The van der Waals surface area contributed by atoms with Crippen LogP contribution in [0.2, 0.25) is 0 Å². The van der Waals surface area contributed by atoms with Gasteiger partial charge in [0.15, 0.2) is 11.5 Å². The predicted molar refractivity (Wildman–Crippen MR) is 108 cm³/mol. The number of methoxy groups -OCH3 is 1. The van der Waals surface area contributed by atoms with Crippen LogP contribution in [-0.2, 0) is 0 Å². The van der Waals surface area contributed by atoms with Gasteiger partial charge in [-0.25, -0.2) is 9.50 Å². The molecule has 0 amide bonds. The van der Waals surface area contributed by atoms with Crippen LogP contribution in [0.4, 0.5) is 0 Å². The summed E-state index contributed by atoms with van der Waals surface area (Å²) in [4.78, 5) is 4.79. The normalized spacial score (nSPS) is 11.1. The molecule has 3 aromatic carbocycles. The van der Waals surface area contributed by atoms with Crippen molar-refractivity contribution >= 4 is 16.4 Å². The lowest BCUT2D eigenvalue weighted by Crippen LogP contribution is -1.90. The molecule has 0 bridgehead atoms. The molecular formula is C23H17N3O. The molecule has 5 rings (SSSR count). The molecule has 0 radical (unpaired) electrons. The average molecular weight is 351 g/mol. The minimum atomic E-state index is 0.713. The molecule has 4 nitrogen and oxygen atoms in total.